The zero-order valence-electron chi connectivity index (χ0n) is 20.0. The maximum atomic E-state index is 14.6. The van der Waals surface area contributed by atoms with Gasteiger partial charge in [0.15, 0.2) is 9.84 Å². The van der Waals surface area contributed by atoms with Crippen LogP contribution >= 0.6 is 0 Å². The molecule has 2 unspecified atom stereocenters. The van der Waals surface area contributed by atoms with Crippen LogP contribution < -0.4 is 10.2 Å². The Morgan fingerprint density at radius 1 is 1.18 bits per heavy atom. The number of carbonyl (C=O) groups excluding carboxylic acids is 1. The number of benzene rings is 1. The van der Waals surface area contributed by atoms with Gasteiger partial charge in [0.25, 0.3) is 0 Å². The van der Waals surface area contributed by atoms with Crippen molar-refractivity contribution in [3.63, 3.8) is 0 Å². The van der Waals surface area contributed by atoms with Gasteiger partial charge in [-0.25, -0.2) is 27.6 Å². The van der Waals surface area contributed by atoms with Crippen molar-refractivity contribution in [3.05, 3.63) is 35.9 Å². The highest BCUT2D eigenvalue weighted by Crippen LogP contribution is 2.37. The highest BCUT2D eigenvalue weighted by molar-refractivity contribution is 7.90. The molecule has 1 aromatic heterocycles. The van der Waals surface area contributed by atoms with Gasteiger partial charge in [-0.1, -0.05) is 0 Å². The summed E-state index contributed by atoms with van der Waals surface area (Å²) in [5, 5.41) is 2.97. The molecule has 2 aromatic rings. The largest absolute Gasteiger partial charge is 0.444 e. The highest BCUT2D eigenvalue weighted by atomic mass is 32.2. The van der Waals surface area contributed by atoms with E-state index >= 15 is 0 Å². The van der Waals surface area contributed by atoms with Gasteiger partial charge in [-0.05, 0) is 58.7 Å². The quantitative estimate of drug-likeness (QED) is 0.691. The molecule has 34 heavy (non-hydrogen) atoms. The molecular weight excluding hydrogens is 461 g/mol. The molecule has 1 N–H and O–H groups in total. The van der Waals surface area contributed by atoms with Gasteiger partial charge in [0.1, 0.15) is 29.4 Å². The lowest BCUT2D eigenvalue weighted by Crippen LogP contribution is -2.56. The smallest absolute Gasteiger partial charge is 0.410 e. The van der Waals surface area contributed by atoms with Gasteiger partial charge in [0.05, 0.1) is 10.6 Å². The molecule has 11 heteroatoms. The summed E-state index contributed by atoms with van der Waals surface area (Å²) in [5.41, 5.74) is 0.320. The van der Waals surface area contributed by atoms with Crippen LogP contribution in [0.1, 0.15) is 39.2 Å². The van der Waals surface area contributed by atoms with Crippen molar-refractivity contribution >= 4 is 33.3 Å². The summed E-state index contributed by atoms with van der Waals surface area (Å²) >= 11 is 0. The molecule has 4 rings (SSSR count). The van der Waals surface area contributed by atoms with Crippen LogP contribution in [0.25, 0.3) is 0 Å². The molecule has 0 spiro atoms. The number of piperazine rings is 1. The molecule has 2 aliphatic heterocycles. The number of halogens is 1. The van der Waals surface area contributed by atoms with Gasteiger partial charge in [-0.2, -0.15) is 0 Å². The maximum Gasteiger partial charge on any atom is 0.410 e. The van der Waals surface area contributed by atoms with Crippen LogP contribution in [0.5, 0.6) is 0 Å². The van der Waals surface area contributed by atoms with Gasteiger partial charge < -0.3 is 19.9 Å². The Kier molecular flexibility index (Phi) is 6.17. The fraction of sp³-hybridized carbons (Fsp3) is 0.522. The number of hydrogen-bond acceptors (Lipinski definition) is 8. The minimum atomic E-state index is -3.51. The molecule has 1 amide bonds. The van der Waals surface area contributed by atoms with Crippen LogP contribution in [-0.2, 0) is 14.6 Å². The van der Waals surface area contributed by atoms with Crippen molar-refractivity contribution in [1.82, 2.24) is 14.9 Å². The Hall–Kier alpha value is -2.95. The van der Waals surface area contributed by atoms with E-state index in [4.69, 9.17) is 4.74 Å². The van der Waals surface area contributed by atoms with E-state index < -0.39 is 21.3 Å². The SMILES string of the molecule is Cc1c(Nc2ccc(S(C)(=O)=O)cc2F)ncnc1N1C2CCC1CN(C(=O)OC(C)(C)C)C2. The number of rotatable bonds is 4. The van der Waals surface area contributed by atoms with Gasteiger partial charge in [-0.3, -0.25) is 0 Å². The lowest BCUT2D eigenvalue weighted by Gasteiger charge is -2.42. The number of anilines is 3. The Labute approximate surface area is 199 Å². The first-order valence-corrected chi connectivity index (χ1v) is 13.1. The van der Waals surface area contributed by atoms with Gasteiger partial charge in [0, 0.05) is 37.0 Å². The summed E-state index contributed by atoms with van der Waals surface area (Å²) in [7, 11) is -3.51. The standard InChI is InChI=1S/C23H30FN5O4S/c1-14-20(27-19-9-8-17(10-18(19)24)34(5,31)32)25-13-26-21(14)29-15-6-7-16(29)12-28(11-15)22(30)33-23(2,3)4/h8-10,13,15-16H,6-7,11-12H2,1-5H3,(H,25,26,27). The normalized spacial score (nSPS) is 20.4. The van der Waals surface area contributed by atoms with Crippen molar-refractivity contribution in [1.29, 1.82) is 0 Å². The second kappa shape index (κ2) is 8.68. The van der Waals surface area contributed by atoms with E-state index in [1.54, 1.807) is 4.90 Å². The van der Waals surface area contributed by atoms with E-state index in [2.05, 4.69) is 20.2 Å². The van der Waals surface area contributed by atoms with E-state index in [1.807, 2.05) is 27.7 Å². The zero-order chi connectivity index (χ0) is 24.8. The molecule has 0 aliphatic carbocycles. The number of carbonyl (C=O) groups is 1. The van der Waals surface area contributed by atoms with Crippen LogP contribution in [-0.4, -0.2) is 66.4 Å². The predicted octanol–water partition coefficient (Wildman–Crippen LogP) is 3.66. The average molecular weight is 492 g/mol. The molecule has 2 atom stereocenters. The fourth-order valence-electron chi connectivity index (χ4n) is 4.51. The number of ether oxygens (including phenoxy) is 1. The number of likely N-dealkylation sites (tertiary alicyclic amines) is 1. The Morgan fingerprint density at radius 2 is 1.82 bits per heavy atom. The third kappa shape index (κ3) is 4.94. The predicted molar refractivity (Wildman–Crippen MR) is 127 cm³/mol. The van der Waals surface area contributed by atoms with Crippen LogP contribution in [0, 0.1) is 12.7 Å². The van der Waals surface area contributed by atoms with Crippen molar-refractivity contribution in [2.45, 2.75) is 63.1 Å². The van der Waals surface area contributed by atoms with Gasteiger partial charge >= 0.3 is 6.09 Å². The first kappa shape index (κ1) is 24.2. The monoisotopic (exact) mass is 491 g/mol. The lowest BCUT2D eigenvalue weighted by atomic mass is 10.1. The summed E-state index contributed by atoms with van der Waals surface area (Å²) in [5.74, 6) is 0.487. The molecule has 2 bridgehead atoms. The molecule has 0 saturated carbocycles. The van der Waals surface area contributed by atoms with Crippen LogP contribution in [0.4, 0.5) is 26.5 Å². The summed E-state index contributed by atoms with van der Waals surface area (Å²) in [6.07, 6.45) is 4.01. The molecule has 0 radical (unpaired) electrons. The van der Waals surface area contributed by atoms with Crippen LogP contribution in [0.15, 0.2) is 29.4 Å². The van der Waals surface area contributed by atoms with Crippen LogP contribution in [0.2, 0.25) is 0 Å². The average Bonchev–Trinajstić information content (AvgIpc) is 2.97. The van der Waals surface area contributed by atoms with E-state index in [1.165, 1.54) is 18.5 Å². The molecule has 9 nitrogen and oxygen atoms in total. The second-order valence-electron chi connectivity index (χ2n) is 9.89. The van der Waals surface area contributed by atoms with E-state index in [0.717, 1.165) is 36.5 Å². The molecular formula is C23H30FN5O4S. The molecule has 1 aromatic carbocycles. The molecule has 2 aliphatic rings. The number of hydrogen-bond donors (Lipinski definition) is 1. The molecule has 3 heterocycles. The second-order valence-corrected chi connectivity index (χ2v) is 11.9. The fourth-order valence-corrected chi connectivity index (χ4v) is 5.14. The lowest BCUT2D eigenvalue weighted by molar-refractivity contribution is 0.0209. The summed E-state index contributed by atoms with van der Waals surface area (Å²) in [6.45, 7) is 8.50. The molecule has 2 saturated heterocycles. The van der Waals surface area contributed by atoms with E-state index in [9.17, 15) is 17.6 Å². The number of sulfone groups is 1. The minimum absolute atomic E-state index is 0.0879. The topological polar surface area (TPSA) is 105 Å². The Bertz CT molecular complexity index is 1200. The number of nitrogens with one attached hydrogen (secondary N) is 1. The summed E-state index contributed by atoms with van der Waals surface area (Å²) in [6, 6.07) is 3.92. The number of fused-ring (bicyclic) bond motifs is 2. The number of aromatic nitrogens is 2. The third-order valence-electron chi connectivity index (χ3n) is 6.06. The van der Waals surface area contributed by atoms with Gasteiger partial charge in [0.2, 0.25) is 0 Å². The maximum absolute atomic E-state index is 14.6. The highest BCUT2D eigenvalue weighted by Gasteiger charge is 2.43. The van der Waals surface area contributed by atoms with Gasteiger partial charge in [-0.15, -0.1) is 0 Å². The third-order valence-corrected chi connectivity index (χ3v) is 7.17. The van der Waals surface area contributed by atoms with Crippen molar-refractivity contribution in [3.8, 4) is 0 Å². The van der Waals surface area contributed by atoms with E-state index in [0.29, 0.717) is 18.9 Å². The summed E-state index contributed by atoms with van der Waals surface area (Å²) < 4.78 is 43.5. The number of nitrogens with zero attached hydrogens (tertiary/aromatic N) is 4. The van der Waals surface area contributed by atoms with E-state index in [-0.39, 0.29) is 28.8 Å². The summed E-state index contributed by atoms with van der Waals surface area (Å²) in [4.78, 5) is 25.3. The van der Waals surface area contributed by atoms with Crippen LogP contribution in [0.3, 0.4) is 0 Å². The molecule has 184 valence electrons. The Morgan fingerprint density at radius 3 is 2.38 bits per heavy atom. The van der Waals surface area contributed by atoms with Crippen molar-refractivity contribution in [2.75, 3.05) is 29.6 Å². The minimum Gasteiger partial charge on any atom is -0.444 e. The first-order chi connectivity index (χ1) is 15.8. The first-order valence-electron chi connectivity index (χ1n) is 11.2. The zero-order valence-corrected chi connectivity index (χ0v) is 20.8. The van der Waals surface area contributed by atoms with Crippen molar-refractivity contribution < 1.29 is 22.3 Å². The molecule has 2 fully saturated rings. The Balaban J connectivity index is 1.55. The number of amides is 1. The van der Waals surface area contributed by atoms with Crippen molar-refractivity contribution in [2.24, 2.45) is 0 Å².